The van der Waals surface area contributed by atoms with Crippen molar-refractivity contribution in [2.45, 2.75) is 39.0 Å². The topological polar surface area (TPSA) is 81.7 Å². The van der Waals surface area contributed by atoms with E-state index in [1.807, 2.05) is 0 Å². The van der Waals surface area contributed by atoms with Crippen LogP contribution in [-0.4, -0.2) is 32.1 Å². The van der Waals surface area contributed by atoms with Gasteiger partial charge in [0.05, 0.1) is 25.3 Å². The van der Waals surface area contributed by atoms with Crippen LogP contribution >= 0.6 is 0 Å². The van der Waals surface area contributed by atoms with E-state index in [1.54, 1.807) is 0 Å². The van der Waals surface area contributed by atoms with Crippen molar-refractivity contribution in [2.75, 3.05) is 19.5 Å². The predicted octanol–water partition coefficient (Wildman–Crippen LogP) is 3.17. The van der Waals surface area contributed by atoms with Gasteiger partial charge in [-0.3, -0.25) is 4.79 Å². The maximum Gasteiger partial charge on any atom is 0.337 e. The number of carbonyl (C=O) groups is 3. The van der Waals surface area contributed by atoms with Gasteiger partial charge in [-0.1, -0.05) is 26.2 Å². The molecular weight excluding hydrogens is 298 g/mol. The predicted molar refractivity (Wildman–Crippen MR) is 86.5 cm³/mol. The largest absolute Gasteiger partial charge is 0.465 e. The molecule has 1 rings (SSSR count). The summed E-state index contributed by atoms with van der Waals surface area (Å²) >= 11 is 0. The summed E-state index contributed by atoms with van der Waals surface area (Å²) in [6.07, 6.45) is 4.40. The molecule has 1 N–H and O–H groups in total. The van der Waals surface area contributed by atoms with Crippen LogP contribution in [0.5, 0.6) is 0 Å². The Morgan fingerprint density at radius 2 is 1.48 bits per heavy atom. The number of amides is 1. The fourth-order valence-electron chi connectivity index (χ4n) is 2.11. The van der Waals surface area contributed by atoms with Gasteiger partial charge >= 0.3 is 11.9 Å². The number of rotatable bonds is 8. The van der Waals surface area contributed by atoms with Crippen molar-refractivity contribution in [2.24, 2.45) is 0 Å². The summed E-state index contributed by atoms with van der Waals surface area (Å²) in [7, 11) is 2.50. The average Bonchev–Trinajstić information content (AvgIpc) is 2.56. The summed E-state index contributed by atoms with van der Waals surface area (Å²) in [5.41, 5.74) is 0.724. The molecule has 0 spiro atoms. The first-order valence-corrected chi connectivity index (χ1v) is 7.63. The molecule has 0 aliphatic rings. The molecule has 0 radical (unpaired) electrons. The number of carbonyl (C=O) groups excluding carboxylic acids is 3. The molecule has 126 valence electrons. The summed E-state index contributed by atoms with van der Waals surface area (Å²) in [5.74, 6) is -1.33. The van der Waals surface area contributed by atoms with Gasteiger partial charge in [0, 0.05) is 12.1 Å². The molecule has 6 heteroatoms. The van der Waals surface area contributed by atoms with Crippen LogP contribution in [0.2, 0.25) is 0 Å². The third-order valence-corrected chi connectivity index (χ3v) is 3.32. The van der Waals surface area contributed by atoms with E-state index < -0.39 is 11.9 Å². The van der Waals surface area contributed by atoms with Gasteiger partial charge in [0.15, 0.2) is 0 Å². The van der Waals surface area contributed by atoms with Crippen molar-refractivity contribution in [3.05, 3.63) is 29.3 Å². The van der Waals surface area contributed by atoms with Crippen LogP contribution in [0.3, 0.4) is 0 Å². The molecule has 0 unspecified atom stereocenters. The number of hydrogen-bond donors (Lipinski definition) is 1. The van der Waals surface area contributed by atoms with Gasteiger partial charge in [-0.05, 0) is 24.6 Å². The molecule has 0 atom stereocenters. The Bertz CT molecular complexity index is 534. The standard InChI is InChI=1S/C17H23NO5/c1-4-5-6-7-8-15(19)18-14-10-12(16(20)22-2)9-13(11-14)17(21)23-3/h9-11H,4-8H2,1-3H3,(H,18,19). The van der Waals surface area contributed by atoms with E-state index in [1.165, 1.54) is 32.4 Å². The molecule has 1 amide bonds. The highest BCUT2D eigenvalue weighted by Crippen LogP contribution is 2.17. The summed E-state index contributed by atoms with van der Waals surface area (Å²) in [6.45, 7) is 2.10. The molecule has 0 aliphatic heterocycles. The lowest BCUT2D eigenvalue weighted by molar-refractivity contribution is -0.116. The van der Waals surface area contributed by atoms with E-state index in [9.17, 15) is 14.4 Å². The van der Waals surface area contributed by atoms with Crippen molar-refractivity contribution >= 4 is 23.5 Å². The van der Waals surface area contributed by atoms with Gasteiger partial charge in [-0.25, -0.2) is 9.59 Å². The highest BCUT2D eigenvalue weighted by molar-refractivity contribution is 5.99. The molecule has 0 aliphatic carbocycles. The summed E-state index contributed by atoms with van der Waals surface area (Å²) < 4.78 is 9.31. The minimum absolute atomic E-state index is 0.154. The Balaban J connectivity index is 2.85. The second-order valence-corrected chi connectivity index (χ2v) is 5.14. The maximum absolute atomic E-state index is 11.9. The molecule has 23 heavy (non-hydrogen) atoms. The van der Waals surface area contributed by atoms with Gasteiger partial charge < -0.3 is 14.8 Å². The van der Waals surface area contributed by atoms with Gasteiger partial charge in [-0.2, -0.15) is 0 Å². The average molecular weight is 321 g/mol. The van der Waals surface area contributed by atoms with Crippen molar-refractivity contribution < 1.29 is 23.9 Å². The van der Waals surface area contributed by atoms with Crippen molar-refractivity contribution in [1.29, 1.82) is 0 Å². The van der Waals surface area contributed by atoms with Crippen LogP contribution < -0.4 is 5.32 Å². The smallest absolute Gasteiger partial charge is 0.337 e. The monoisotopic (exact) mass is 321 g/mol. The van der Waals surface area contributed by atoms with E-state index in [0.717, 1.165) is 25.7 Å². The first-order chi connectivity index (χ1) is 11.0. The number of nitrogens with one attached hydrogen (secondary N) is 1. The molecular formula is C17H23NO5. The second-order valence-electron chi connectivity index (χ2n) is 5.14. The van der Waals surface area contributed by atoms with E-state index in [0.29, 0.717) is 12.1 Å². The number of esters is 2. The lowest BCUT2D eigenvalue weighted by atomic mass is 10.1. The van der Waals surface area contributed by atoms with Crippen LogP contribution in [-0.2, 0) is 14.3 Å². The molecule has 0 aromatic heterocycles. The maximum atomic E-state index is 11.9. The second kappa shape index (κ2) is 9.61. The molecule has 6 nitrogen and oxygen atoms in total. The normalized spacial score (nSPS) is 10.0. The number of hydrogen-bond acceptors (Lipinski definition) is 5. The van der Waals surface area contributed by atoms with Crippen LogP contribution in [0.1, 0.15) is 59.7 Å². The summed E-state index contributed by atoms with van der Waals surface area (Å²) in [6, 6.07) is 4.32. The van der Waals surface area contributed by atoms with Crippen molar-refractivity contribution in [1.82, 2.24) is 0 Å². The third-order valence-electron chi connectivity index (χ3n) is 3.32. The fourth-order valence-corrected chi connectivity index (χ4v) is 2.11. The Labute approximate surface area is 136 Å². The molecule has 0 heterocycles. The molecule has 0 bridgehead atoms. The van der Waals surface area contributed by atoms with E-state index in [4.69, 9.17) is 0 Å². The third kappa shape index (κ3) is 6.10. The zero-order valence-corrected chi connectivity index (χ0v) is 13.8. The van der Waals surface area contributed by atoms with Crippen LogP contribution in [0.25, 0.3) is 0 Å². The SMILES string of the molecule is CCCCCCC(=O)Nc1cc(C(=O)OC)cc(C(=O)OC)c1. The zero-order chi connectivity index (χ0) is 17.2. The van der Waals surface area contributed by atoms with Crippen molar-refractivity contribution in [3.8, 4) is 0 Å². The number of methoxy groups -OCH3 is 2. The lowest BCUT2D eigenvalue weighted by Crippen LogP contribution is -2.13. The summed E-state index contributed by atoms with van der Waals surface area (Å²) in [5, 5.41) is 2.70. The lowest BCUT2D eigenvalue weighted by Gasteiger charge is -2.09. The minimum atomic E-state index is -0.589. The number of benzene rings is 1. The van der Waals surface area contributed by atoms with E-state index in [2.05, 4.69) is 21.7 Å². The number of ether oxygens (including phenoxy) is 2. The van der Waals surface area contributed by atoms with Gasteiger partial charge in [-0.15, -0.1) is 0 Å². The van der Waals surface area contributed by atoms with E-state index >= 15 is 0 Å². The van der Waals surface area contributed by atoms with Gasteiger partial charge in [0.1, 0.15) is 0 Å². The minimum Gasteiger partial charge on any atom is -0.465 e. The zero-order valence-electron chi connectivity index (χ0n) is 13.8. The van der Waals surface area contributed by atoms with Crippen LogP contribution in [0.4, 0.5) is 5.69 Å². The molecule has 1 aromatic carbocycles. The number of unbranched alkanes of at least 4 members (excludes halogenated alkanes) is 3. The Hall–Kier alpha value is -2.37. The van der Waals surface area contributed by atoms with Crippen LogP contribution in [0.15, 0.2) is 18.2 Å². The van der Waals surface area contributed by atoms with Crippen molar-refractivity contribution in [3.63, 3.8) is 0 Å². The Kier molecular flexibility index (Phi) is 7.80. The number of anilines is 1. The summed E-state index contributed by atoms with van der Waals surface area (Å²) in [4.78, 5) is 35.3. The Morgan fingerprint density at radius 1 is 0.913 bits per heavy atom. The molecule has 0 saturated heterocycles. The fraction of sp³-hybridized carbons (Fsp3) is 0.471. The quantitative estimate of drug-likeness (QED) is 0.587. The molecule has 0 fully saturated rings. The van der Waals surface area contributed by atoms with Gasteiger partial charge in [0.2, 0.25) is 5.91 Å². The van der Waals surface area contributed by atoms with Crippen LogP contribution in [0, 0.1) is 0 Å². The first-order valence-electron chi connectivity index (χ1n) is 7.63. The highest BCUT2D eigenvalue weighted by atomic mass is 16.5. The molecule has 1 aromatic rings. The molecule has 0 saturated carbocycles. The first kappa shape index (κ1) is 18.7. The highest BCUT2D eigenvalue weighted by Gasteiger charge is 2.14. The Morgan fingerprint density at radius 3 is 1.96 bits per heavy atom. The van der Waals surface area contributed by atoms with Gasteiger partial charge in [0.25, 0.3) is 0 Å². The van der Waals surface area contributed by atoms with E-state index in [-0.39, 0.29) is 17.0 Å².